The summed E-state index contributed by atoms with van der Waals surface area (Å²) < 4.78 is 38.4. The van der Waals surface area contributed by atoms with Gasteiger partial charge in [0.25, 0.3) is 0 Å². The maximum atomic E-state index is 13.0. The number of hydrogen-bond acceptors (Lipinski definition) is 4. The number of halogens is 1. The van der Waals surface area contributed by atoms with Crippen LogP contribution in [0.4, 0.5) is 10.1 Å². The molecule has 2 rings (SSSR count). The number of carbonyl (C=O) groups excluding carboxylic acids is 1. The Balaban J connectivity index is 2.15. The normalized spacial score (nSPS) is 12.5. The first-order valence-corrected chi connectivity index (χ1v) is 10.9. The van der Waals surface area contributed by atoms with Gasteiger partial charge in [0, 0.05) is 4.90 Å². The lowest BCUT2D eigenvalue weighted by molar-refractivity contribution is -0.120. The minimum atomic E-state index is -3.63. The third-order valence-corrected chi connectivity index (χ3v) is 5.64. The fraction of sp³-hybridized carbons (Fsp3) is 0.278. The average Bonchev–Trinajstić information content (AvgIpc) is 2.59. The van der Waals surface area contributed by atoms with E-state index in [9.17, 15) is 17.6 Å². The second-order valence-corrected chi connectivity index (χ2v) is 8.60. The van der Waals surface area contributed by atoms with Crippen LogP contribution in [0.5, 0.6) is 0 Å². The molecule has 26 heavy (non-hydrogen) atoms. The molecule has 0 saturated carbocycles. The van der Waals surface area contributed by atoms with Gasteiger partial charge in [0.15, 0.2) is 0 Å². The van der Waals surface area contributed by atoms with E-state index >= 15 is 0 Å². The summed E-state index contributed by atoms with van der Waals surface area (Å²) in [5, 5.41) is 2.74. The van der Waals surface area contributed by atoms with Gasteiger partial charge in [-0.15, -0.1) is 11.8 Å². The Morgan fingerprint density at radius 3 is 2.46 bits per heavy atom. The van der Waals surface area contributed by atoms with E-state index in [2.05, 4.69) is 5.32 Å². The molecule has 5 nitrogen and oxygen atoms in total. The quantitative estimate of drug-likeness (QED) is 0.730. The Bertz CT molecular complexity index is 870. The minimum absolute atomic E-state index is 0.331. The van der Waals surface area contributed by atoms with E-state index in [0.717, 1.165) is 21.0 Å². The van der Waals surface area contributed by atoms with Crippen LogP contribution in [0.2, 0.25) is 0 Å². The van der Waals surface area contributed by atoms with Crippen LogP contribution in [0.3, 0.4) is 0 Å². The van der Waals surface area contributed by atoms with E-state index in [1.165, 1.54) is 23.9 Å². The molecule has 0 aliphatic carbocycles. The van der Waals surface area contributed by atoms with E-state index in [1.807, 2.05) is 12.3 Å². The van der Waals surface area contributed by atoms with Crippen LogP contribution in [-0.4, -0.2) is 33.4 Å². The van der Waals surface area contributed by atoms with Crippen LogP contribution >= 0.6 is 11.8 Å². The number of anilines is 1. The number of rotatable bonds is 7. The fourth-order valence-corrected chi connectivity index (χ4v) is 3.72. The van der Waals surface area contributed by atoms with Crippen molar-refractivity contribution in [1.29, 1.82) is 0 Å². The molecule has 0 unspecified atom stereocenters. The summed E-state index contributed by atoms with van der Waals surface area (Å²) in [5.74, 6) is -0.800. The van der Waals surface area contributed by atoms with Gasteiger partial charge in [-0.1, -0.05) is 18.2 Å². The van der Waals surface area contributed by atoms with E-state index in [1.54, 1.807) is 37.3 Å². The number of thioether (sulfide) groups is 1. The highest BCUT2D eigenvalue weighted by atomic mass is 32.2. The molecule has 0 aliphatic heterocycles. The van der Waals surface area contributed by atoms with E-state index in [4.69, 9.17) is 0 Å². The van der Waals surface area contributed by atoms with E-state index in [0.29, 0.717) is 5.69 Å². The van der Waals surface area contributed by atoms with Crippen LogP contribution in [0.1, 0.15) is 18.5 Å². The number of sulfonamides is 1. The summed E-state index contributed by atoms with van der Waals surface area (Å²) in [6.07, 6.45) is 2.95. The first-order chi connectivity index (χ1) is 12.2. The summed E-state index contributed by atoms with van der Waals surface area (Å²) in [6, 6.07) is 12.4. The molecule has 1 amide bonds. The van der Waals surface area contributed by atoms with Gasteiger partial charge < -0.3 is 5.32 Å². The third-order valence-electron chi connectivity index (χ3n) is 3.78. The lowest BCUT2D eigenvalue weighted by Crippen LogP contribution is -2.41. The van der Waals surface area contributed by atoms with Crippen molar-refractivity contribution in [3.05, 3.63) is 59.9 Å². The van der Waals surface area contributed by atoms with Crippen molar-refractivity contribution >= 4 is 33.4 Å². The molecule has 0 fully saturated rings. The van der Waals surface area contributed by atoms with Gasteiger partial charge in [0.2, 0.25) is 15.9 Å². The van der Waals surface area contributed by atoms with Crippen molar-refractivity contribution < 1.29 is 17.6 Å². The number of amides is 1. The third kappa shape index (κ3) is 5.47. The average molecular weight is 397 g/mol. The second-order valence-electron chi connectivity index (χ2n) is 5.81. The van der Waals surface area contributed by atoms with Crippen LogP contribution in [0.25, 0.3) is 0 Å². The monoisotopic (exact) mass is 396 g/mol. The van der Waals surface area contributed by atoms with Gasteiger partial charge in [-0.05, 0) is 49.1 Å². The van der Waals surface area contributed by atoms with Crippen molar-refractivity contribution in [3.8, 4) is 0 Å². The Hall–Kier alpha value is -2.06. The molecule has 2 aromatic carbocycles. The molecule has 0 bridgehead atoms. The van der Waals surface area contributed by atoms with Gasteiger partial charge in [0.05, 0.1) is 18.0 Å². The summed E-state index contributed by atoms with van der Waals surface area (Å²) in [4.78, 5) is 13.3. The van der Waals surface area contributed by atoms with E-state index < -0.39 is 15.9 Å². The summed E-state index contributed by atoms with van der Waals surface area (Å²) >= 11 is 1.49. The van der Waals surface area contributed by atoms with E-state index in [-0.39, 0.29) is 18.4 Å². The number of carbonyl (C=O) groups is 1. The smallest absolute Gasteiger partial charge is 0.241 e. The number of hydrogen-bond donors (Lipinski definition) is 1. The molecule has 0 aliphatic rings. The topological polar surface area (TPSA) is 66.5 Å². The van der Waals surface area contributed by atoms with Crippen LogP contribution in [0, 0.1) is 5.82 Å². The molecule has 0 aromatic heterocycles. The predicted molar refractivity (Wildman–Crippen MR) is 103 cm³/mol. The van der Waals surface area contributed by atoms with Crippen LogP contribution in [-0.2, 0) is 14.8 Å². The van der Waals surface area contributed by atoms with Crippen molar-refractivity contribution in [2.75, 3.05) is 23.4 Å². The van der Waals surface area contributed by atoms with Gasteiger partial charge >= 0.3 is 0 Å². The standard InChI is InChI=1S/C18H21FN2O3S2/c1-13(14-7-9-15(19)10-8-14)20-18(22)12-21(26(3,23)24)16-5-4-6-17(11-16)25-2/h4-11,13H,12H2,1-3H3,(H,20,22)/t13-/m0/s1. The molecule has 1 N–H and O–H groups in total. The number of nitrogens with one attached hydrogen (secondary N) is 1. The molecule has 1 atom stereocenters. The molecule has 0 heterocycles. The first kappa shape index (κ1) is 20.3. The molecule has 0 radical (unpaired) electrons. The Labute approximate surface area is 157 Å². The van der Waals surface area contributed by atoms with Gasteiger partial charge in [-0.25, -0.2) is 12.8 Å². The van der Waals surface area contributed by atoms with Crippen molar-refractivity contribution in [1.82, 2.24) is 5.32 Å². The zero-order valence-corrected chi connectivity index (χ0v) is 16.4. The van der Waals surface area contributed by atoms with Crippen molar-refractivity contribution in [2.24, 2.45) is 0 Å². The van der Waals surface area contributed by atoms with Crippen molar-refractivity contribution in [2.45, 2.75) is 17.9 Å². The molecule has 0 spiro atoms. The van der Waals surface area contributed by atoms with Gasteiger partial charge in [-0.2, -0.15) is 0 Å². The fourth-order valence-electron chi connectivity index (χ4n) is 2.42. The maximum absolute atomic E-state index is 13.0. The Morgan fingerprint density at radius 1 is 1.23 bits per heavy atom. The first-order valence-electron chi connectivity index (χ1n) is 7.87. The highest BCUT2D eigenvalue weighted by Gasteiger charge is 2.22. The molecule has 140 valence electrons. The zero-order chi connectivity index (χ0) is 19.3. The Kier molecular flexibility index (Phi) is 6.66. The van der Waals surface area contributed by atoms with Gasteiger partial charge in [0.1, 0.15) is 12.4 Å². The highest BCUT2D eigenvalue weighted by molar-refractivity contribution is 7.98. The summed E-state index contributed by atoms with van der Waals surface area (Å²) in [7, 11) is -3.63. The number of benzene rings is 2. The highest BCUT2D eigenvalue weighted by Crippen LogP contribution is 2.24. The predicted octanol–water partition coefficient (Wildman–Crippen LogP) is 3.19. The van der Waals surface area contributed by atoms with Crippen molar-refractivity contribution in [3.63, 3.8) is 0 Å². The summed E-state index contributed by atoms with van der Waals surface area (Å²) in [5.41, 5.74) is 1.17. The maximum Gasteiger partial charge on any atom is 0.241 e. The molecule has 0 saturated heterocycles. The van der Waals surface area contributed by atoms with Crippen LogP contribution in [0.15, 0.2) is 53.4 Å². The zero-order valence-electron chi connectivity index (χ0n) is 14.8. The molecule has 8 heteroatoms. The largest absolute Gasteiger partial charge is 0.348 e. The lowest BCUT2D eigenvalue weighted by atomic mass is 10.1. The number of nitrogens with zero attached hydrogens (tertiary/aromatic N) is 1. The Morgan fingerprint density at radius 2 is 1.88 bits per heavy atom. The SMILES string of the molecule is CSc1cccc(N(CC(=O)N[C@@H](C)c2ccc(F)cc2)S(C)(=O)=O)c1. The van der Waals surface area contributed by atoms with Crippen LogP contribution < -0.4 is 9.62 Å². The molecular weight excluding hydrogens is 375 g/mol. The minimum Gasteiger partial charge on any atom is -0.348 e. The molecule has 2 aromatic rings. The summed E-state index contributed by atoms with van der Waals surface area (Å²) in [6.45, 7) is 1.42. The second kappa shape index (κ2) is 8.55. The molecular formula is C18H21FN2O3S2. The lowest BCUT2D eigenvalue weighted by Gasteiger charge is -2.23. The van der Waals surface area contributed by atoms with Gasteiger partial charge in [-0.3, -0.25) is 9.10 Å².